The zero-order valence-electron chi connectivity index (χ0n) is 13.3. The van der Waals surface area contributed by atoms with Gasteiger partial charge in [0.2, 0.25) is 11.8 Å². The Bertz CT molecular complexity index is 594. The van der Waals surface area contributed by atoms with Gasteiger partial charge in [0.25, 0.3) is 0 Å². The highest BCUT2D eigenvalue weighted by Gasteiger charge is 2.39. The standard InChI is InChI=1S/C18H24N2O3/c19-17(22)18(8-10-23-11-9-18)12-20-16(21)15-7-3-5-13-4-1-2-6-14(13)15/h1-2,4,6,15H,3,5,7-12H2,(H2,19,22)(H,20,21)/t15-/m0/s1. The minimum Gasteiger partial charge on any atom is -0.381 e. The lowest BCUT2D eigenvalue weighted by molar-refractivity contribution is -0.134. The predicted octanol–water partition coefficient (Wildman–Crippen LogP) is 1.50. The van der Waals surface area contributed by atoms with Gasteiger partial charge in [-0.2, -0.15) is 0 Å². The minimum atomic E-state index is -0.665. The van der Waals surface area contributed by atoms with E-state index in [4.69, 9.17) is 10.5 Å². The second-order valence-electron chi connectivity index (χ2n) is 6.62. The van der Waals surface area contributed by atoms with E-state index in [0.717, 1.165) is 24.8 Å². The molecule has 1 aliphatic carbocycles. The molecule has 5 heteroatoms. The van der Waals surface area contributed by atoms with Gasteiger partial charge in [0.1, 0.15) is 0 Å². The summed E-state index contributed by atoms with van der Waals surface area (Å²) in [5, 5.41) is 2.99. The third-order valence-corrected chi connectivity index (χ3v) is 5.26. The molecule has 2 amide bonds. The van der Waals surface area contributed by atoms with Gasteiger partial charge in [0.15, 0.2) is 0 Å². The van der Waals surface area contributed by atoms with Crippen LogP contribution in [-0.2, 0) is 20.7 Å². The first-order chi connectivity index (χ1) is 11.1. The minimum absolute atomic E-state index is 0.00395. The van der Waals surface area contributed by atoms with Crippen molar-refractivity contribution >= 4 is 11.8 Å². The molecule has 1 heterocycles. The van der Waals surface area contributed by atoms with E-state index >= 15 is 0 Å². The lowest BCUT2D eigenvalue weighted by Gasteiger charge is -2.35. The van der Waals surface area contributed by atoms with Gasteiger partial charge in [-0.3, -0.25) is 9.59 Å². The van der Waals surface area contributed by atoms with Gasteiger partial charge < -0.3 is 15.8 Å². The molecule has 23 heavy (non-hydrogen) atoms. The van der Waals surface area contributed by atoms with Gasteiger partial charge in [0.05, 0.1) is 11.3 Å². The van der Waals surface area contributed by atoms with Gasteiger partial charge in [0, 0.05) is 19.8 Å². The maximum absolute atomic E-state index is 12.7. The summed E-state index contributed by atoms with van der Waals surface area (Å²) >= 11 is 0. The Kier molecular flexibility index (Phi) is 4.66. The van der Waals surface area contributed by atoms with Crippen molar-refractivity contribution in [3.63, 3.8) is 0 Å². The number of fused-ring (bicyclic) bond motifs is 1. The number of carbonyl (C=O) groups is 2. The van der Waals surface area contributed by atoms with E-state index in [2.05, 4.69) is 11.4 Å². The van der Waals surface area contributed by atoms with Gasteiger partial charge in [-0.25, -0.2) is 0 Å². The predicted molar refractivity (Wildman–Crippen MR) is 86.8 cm³/mol. The van der Waals surface area contributed by atoms with Crippen molar-refractivity contribution < 1.29 is 14.3 Å². The highest BCUT2D eigenvalue weighted by molar-refractivity contribution is 5.86. The molecule has 3 N–H and O–H groups in total. The van der Waals surface area contributed by atoms with E-state index in [0.29, 0.717) is 32.6 Å². The molecular weight excluding hydrogens is 292 g/mol. The van der Waals surface area contributed by atoms with Crippen LogP contribution in [0, 0.1) is 5.41 Å². The zero-order valence-corrected chi connectivity index (χ0v) is 13.3. The molecule has 1 aromatic rings. The molecule has 1 saturated heterocycles. The van der Waals surface area contributed by atoms with Crippen LogP contribution in [0.3, 0.4) is 0 Å². The second kappa shape index (κ2) is 6.71. The lowest BCUT2D eigenvalue weighted by atomic mass is 9.78. The molecule has 0 radical (unpaired) electrons. The Hall–Kier alpha value is -1.88. The first-order valence-electron chi connectivity index (χ1n) is 8.35. The number of amides is 2. The molecule has 2 aliphatic rings. The van der Waals surface area contributed by atoms with E-state index in [-0.39, 0.29) is 17.7 Å². The van der Waals surface area contributed by atoms with Crippen molar-refractivity contribution in [2.45, 2.75) is 38.0 Å². The summed E-state index contributed by atoms with van der Waals surface area (Å²) in [5.41, 5.74) is 7.31. The molecule has 1 aliphatic heterocycles. The van der Waals surface area contributed by atoms with Crippen molar-refractivity contribution in [1.29, 1.82) is 0 Å². The average Bonchev–Trinajstić information content (AvgIpc) is 2.60. The van der Waals surface area contributed by atoms with Crippen LogP contribution in [0.4, 0.5) is 0 Å². The van der Waals surface area contributed by atoms with E-state index in [1.54, 1.807) is 0 Å². The fourth-order valence-electron chi connectivity index (χ4n) is 3.68. The molecule has 0 unspecified atom stereocenters. The van der Waals surface area contributed by atoms with Crippen LogP contribution in [0.5, 0.6) is 0 Å². The number of carbonyl (C=O) groups excluding carboxylic acids is 2. The van der Waals surface area contributed by atoms with Gasteiger partial charge >= 0.3 is 0 Å². The summed E-state index contributed by atoms with van der Waals surface area (Å²) in [6.07, 6.45) is 4.05. The molecule has 1 atom stereocenters. The van der Waals surface area contributed by atoms with Crippen LogP contribution in [0.1, 0.15) is 42.7 Å². The summed E-state index contributed by atoms with van der Waals surface area (Å²) < 4.78 is 5.32. The van der Waals surface area contributed by atoms with Crippen LogP contribution < -0.4 is 11.1 Å². The van der Waals surface area contributed by atoms with Crippen LogP contribution in [0.25, 0.3) is 0 Å². The number of primary amides is 1. The molecule has 0 saturated carbocycles. The van der Waals surface area contributed by atoms with Crippen molar-refractivity contribution in [3.05, 3.63) is 35.4 Å². The normalized spacial score (nSPS) is 22.9. The highest BCUT2D eigenvalue weighted by atomic mass is 16.5. The fourth-order valence-corrected chi connectivity index (χ4v) is 3.68. The molecule has 0 spiro atoms. The average molecular weight is 316 g/mol. The van der Waals surface area contributed by atoms with Crippen molar-refractivity contribution in [3.8, 4) is 0 Å². The Morgan fingerprint density at radius 3 is 2.74 bits per heavy atom. The Labute approximate surface area is 136 Å². The maximum atomic E-state index is 12.7. The summed E-state index contributed by atoms with van der Waals surface area (Å²) in [4.78, 5) is 24.6. The van der Waals surface area contributed by atoms with Crippen LogP contribution in [0.2, 0.25) is 0 Å². The largest absolute Gasteiger partial charge is 0.381 e. The third-order valence-electron chi connectivity index (χ3n) is 5.26. The van der Waals surface area contributed by atoms with E-state index in [9.17, 15) is 9.59 Å². The number of hydrogen-bond donors (Lipinski definition) is 2. The third kappa shape index (κ3) is 3.24. The topological polar surface area (TPSA) is 81.4 Å². The molecule has 3 rings (SSSR count). The quantitative estimate of drug-likeness (QED) is 0.883. The lowest BCUT2D eigenvalue weighted by Crippen LogP contribution is -2.50. The van der Waals surface area contributed by atoms with Crippen LogP contribution >= 0.6 is 0 Å². The number of aryl methyl sites for hydroxylation is 1. The first-order valence-corrected chi connectivity index (χ1v) is 8.35. The van der Waals surface area contributed by atoms with Gasteiger partial charge in [-0.05, 0) is 43.2 Å². The van der Waals surface area contributed by atoms with Crippen molar-refractivity contribution in [2.24, 2.45) is 11.1 Å². The maximum Gasteiger partial charge on any atom is 0.227 e. The van der Waals surface area contributed by atoms with Crippen LogP contribution in [-0.4, -0.2) is 31.6 Å². The molecule has 0 aromatic heterocycles. The fraction of sp³-hybridized carbons (Fsp3) is 0.556. The number of nitrogens with one attached hydrogen (secondary N) is 1. The summed E-state index contributed by atoms with van der Waals surface area (Å²) in [7, 11) is 0. The summed E-state index contributed by atoms with van der Waals surface area (Å²) in [5.74, 6) is -0.459. The van der Waals surface area contributed by atoms with E-state index < -0.39 is 5.41 Å². The number of hydrogen-bond acceptors (Lipinski definition) is 3. The zero-order chi connectivity index (χ0) is 16.3. The van der Waals surface area contributed by atoms with E-state index in [1.165, 1.54) is 5.56 Å². The van der Waals surface area contributed by atoms with E-state index in [1.807, 2.05) is 18.2 Å². The molecule has 5 nitrogen and oxygen atoms in total. The highest BCUT2D eigenvalue weighted by Crippen LogP contribution is 2.33. The van der Waals surface area contributed by atoms with Crippen molar-refractivity contribution in [1.82, 2.24) is 5.32 Å². The molecule has 1 fully saturated rings. The Morgan fingerprint density at radius 1 is 1.26 bits per heavy atom. The number of ether oxygens (including phenoxy) is 1. The molecule has 124 valence electrons. The van der Waals surface area contributed by atoms with Crippen LogP contribution in [0.15, 0.2) is 24.3 Å². The number of rotatable bonds is 4. The smallest absolute Gasteiger partial charge is 0.227 e. The number of benzene rings is 1. The Morgan fingerprint density at radius 2 is 2.00 bits per heavy atom. The SMILES string of the molecule is NC(=O)C1(CNC(=O)[C@H]2CCCc3ccccc32)CCOCC1. The summed E-state index contributed by atoms with van der Waals surface area (Å²) in [6.45, 7) is 1.35. The molecular formula is C18H24N2O3. The summed E-state index contributed by atoms with van der Waals surface area (Å²) in [6, 6.07) is 8.13. The monoisotopic (exact) mass is 316 g/mol. The Balaban J connectivity index is 1.69. The van der Waals surface area contributed by atoms with Crippen molar-refractivity contribution in [2.75, 3.05) is 19.8 Å². The second-order valence-corrected chi connectivity index (χ2v) is 6.62. The van der Waals surface area contributed by atoms with Gasteiger partial charge in [-0.1, -0.05) is 24.3 Å². The van der Waals surface area contributed by atoms with Gasteiger partial charge in [-0.15, -0.1) is 0 Å². The number of nitrogens with two attached hydrogens (primary N) is 1. The first kappa shape index (κ1) is 16.0. The molecule has 0 bridgehead atoms. The molecule has 1 aromatic carbocycles.